The standard InChI is InChI=1S/C30H31NO3/c1-17-18(2)25(29(19(3)32)34-30(4,5)6)27(22-10-8-7-9-21(17)22)23-11-12-24-26-20(14-16-33-24)13-15-31-28(23)26/h7-13,15,29H,14,16H2,1-6H3/t29-/m1/s1. The molecule has 5 rings (SSSR count). The van der Waals surface area contributed by atoms with Crippen molar-refractivity contribution in [2.24, 2.45) is 0 Å². The predicted molar refractivity (Wildman–Crippen MR) is 138 cm³/mol. The molecule has 4 aromatic rings. The number of Topliss-reactive ketones (excluding diaryl/α,β-unsaturated/α-hetero) is 1. The van der Waals surface area contributed by atoms with Crippen molar-refractivity contribution >= 4 is 27.5 Å². The number of pyridine rings is 1. The van der Waals surface area contributed by atoms with E-state index in [2.05, 4.69) is 50.2 Å². The van der Waals surface area contributed by atoms with Crippen molar-refractivity contribution in [1.29, 1.82) is 0 Å². The van der Waals surface area contributed by atoms with E-state index in [-0.39, 0.29) is 5.78 Å². The van der Waals surface area contributed by atoms with Crippen LogP contribution in [0.5, 0.6) is 5.75 Å². The second kappa shape index (κ2) is 8.21. The minimum Gasteiger partial charge on any atom is -0.493 e. The largest absolute Gasteiger partial charge is 0.493 e. The number of aryl methyl sites for hydroxylation is 1. The van der Waals surface area contributed by atoms with E-state index in [0.717, 1.165) is 56.3 Å². The molecule has 174 valence electrons. The van der Waals surface area contributed by atoms with E-state index in [9.17, 15) is 4.79 Å². The molecule has 0 aliphatic carbocycles. The molecule has 3 aromatic carbocycles. The molecular formula is C30H31NO3. The molecule has 4 nitrogen and oxygen atoms in total. The summed E-state index contributed by atoms with van der Waals surface area (Å²) in [5.41, 5.74) is 6.87. The summed E-state index contributed by atoms with van der Waals surface area (Å²) in [4.78, 5) is 17.9. The van der Waals surface area contributed by atoms with Crippen molar-refractivity contribution < 1.29 is 14.3 Å². The molecule has 1 aromatic heterocycles. The average molecular weight is 454 g/mol. The minimum atomic E-state index is -0.680. The van der Waals surface area contributed by atoms with E-state index in [1.165, 1.54) is 10.9 Å². The Hall–Kier alpha value is -3.24. The Kier molecular flexibility index (Phi) is 5.44. The highest BCUT2D eigenvalue weighted by Gasteiger charge is 2.31. The van der Waals surface area contributed by atoms with Crippen LogP contribution in [0.3, 0.4) is 0 Å². The molecule has 0 saturated heterocycles. The van der Waals surface area contributed by atoms with Crippen molar-refractivity contribution in [3.63, 3.8) is 0 Å². The van der Waals surface area contributed by atoms with E-state index < -0.39 is 11.7 Å². The zero-order valence-corrected chi connectivity index (χ0v) is 20.8. The van der Waals surface area contributed by atoms with Gasteiger partial charge in [-0.3, -0.25) is 9.78 Å². The number of carbonyl (C=O) groups excluding carboxylic acids is 1. The molecule has 1 atom stereocenters. The van der Waals surface area contributed by atoms with Gasteiger partial charge in [0.15, 0.2) is 5.78 Å². The Morgan fingerprint density at radius 1 is 1.03 bits per heavy atom. The minimum absolute atomic E-state index is 0.00650. The molecule has 0 fully saturated rings. The average Bonchev–Trinajstić information content (AvgIpc) is 2.80. The van der Waals surface area contributed by atoms with E-state index in [1.54, 1.807) is 6.92 Å². The van der Waals surface area contributed by atoms with Crippen molar-refractivity contribution in [1.82, 2.24) is 4.98 Å². The lowest BCUT2D eigenvalue weighted by atomic mass is 9.82. The van der Waals surface area contributed by atoms with Gasteiger partial charge in [0.2, 0.25) is 0 Å². The van der Waals surface area contributed by atoms with Gasteiger partial charge in [0.05, 0.1) is 17.7 Å². The van der Waals surface area contributed by atoms with Crippen LogP contribution in [0.1, 0.15) is 56.1 Å². The highest BCUT2D eigenvalue weighted by Crippen LogP contribution is 2.46. The van der Waals surface area contributed by atoms with E-state index in [1.807, 2.05) is 33.0 Å². The third-order valence-electron chi connectivity index (χ3n) is 6.78. The second-order valence-corrected chi connectivity index (χ2v) is 10.2. The number of nitrogens with zero attached hydrogens (tertiary/aromatic N) is 1. The topological polar surface area (TPSA) is 48.4 Å². The molecule has 0 bridgehead atoms. The lowest BCUT2D eigenvalue weighted by Crippen LogP contribution is -2.27. The van der Waals surface area contributed by atoms with Crippen molar-refractivity contribution in [2.45, 2.75) is 59.7 Å². The van der Waals surface area contributed by atoms with Crippen LogP contribution in [0, 0.1) is 13.8 Å². The number of ether oxygens (including phenoxy) is 2. The number of ketones is 1. The molecule has 0 radical (unpaired) electrons. The highest BCUT2D eigenvalue weighted by atomic mass is 16.5. The summed E-state index contributed by atoms with van der Waals surface area (Å²) >= 11 is 0. The number of fused-ring (bicyclic) bond motifs is 1. The summed E-state index contributed by atoms with van der Waals surface area (Å²) in [5, 5.41) is 3.34. The number of rotatable bonds is 4. The maximum Gasteiger partial charge on any atom is 0.163 e. The van der Waals surface area contributed by atoms with Gasteiger partial charge in [-0.1, -0.05) is 24.3 Å². The Bertz CT molecular complexity index is 1440. The van der Waals surface area contributed by atoms with Gasteiger partial charge in [-0.25, -0.2) is 0 Å². The molecule has 1 aliphatic heterocycles. The van der Waals surface area contributed by atoms with Crippen LogP contribution < -0.4 is 4.74 Å². The lowest BCUT2D eigenvalue weighted by molar-refractivity contribution is -0.138. The number of carbonyl (C=O) groups is 1. The van der Waals surface area contributed by atoms with Crippen molar-refractivity contribution in [3.05, 3.63) is 70.9 Å². The highest BCUT2D eigenvalue weighted by molar-refractivity contribution is 6.09. The summed E-state index contributed by atoms with van der Waals surface area (Å²) in [6.07, 6.45) is 2.06. The van der Waals surface area contributed by atoms with Gasteiger partial charge >= 0.3 is 0 Å². The third-order valence-corrected chi connectivity index (χ3v) is 6.78. The number of hydrogen-bond acceptors (Lipinski definition) is 4. The maximum atomic E-state index is 13.1. The van der Waals surface area contributed by atoms with Gasteiger partial charge in [0.25, 0.3) is 0 Å². The first kappa shape index (κ1) is 22.5. The van der Waals surface area contributed by atoms with Crippen molar-refractivity contribution in [3.8, 4) is 16.9 Å². The summed E-state index contributed by atoms with van der Waals surface area (Å²) < 4.78 is 12.4. The fourth-order valence-corrected chi connectivity index (χ4v) is 5.18. The zero-order chi connectivity index (χ0) is 24.2. The van der Waals surface area contributed by atoms with Crippen LogP contribution in [0.2, 0.25) is 0 Å². The Morgan fingerprint density at radius 2 is 1.76 bits per heavy atom. The van der Waals surface area contributed by atoms with Gasteiger partial charge in [-0.2, -0.15) is 0 Å². The van der Waals surface area contributed by atoms with Crippen molar-refractivity contribution in [2.75, 3.05) is 6.61 Å². The summed E-state index contributed by atoms with van der Waals surface area (Å²) in [7, 11) is 0. The third kappa shape index (κ3) is 3.67. The Labute approximate surface area is 200 Å². The first-order chi connectivity index (χ1) is 16.2. The SMILES string of the molecule is CC(=O)[C@@H](OC(C)(C)C)c1c(C)c(C)c2ccccc2c1-c1ccc2c3c(ccnc13)CCO2. The van der Waals surface area contributed by atoms with Crippen LogP contribution in [0.4, 0.5) is 0 Å². The monoisotopic (exact) mass is 453 g/mol. The Morgan fingerprint density at radius 3 is 2.47 bits per heavy atom. The molecule has 0 unspecified atom stereocenters. The zero-order valence-electron chi connectivity index (χ0n) is 20.8. The van der Waals surface area contributed by atoms with Crippen LogP contribution in [-0.2, 0) is 16.0 Å². The normalized spacial score (nSPS) is 14.3. The molecule has 4 heteroatoms. The molecule has 34 heavy (non-hydrogen) atoms. The molecule has 1 aliphatic rings. The van der Waals surface area contributed by atoms with Crippen LogP contribution >= 0.6 is 0 Å². The maximum absolute atomic E-state index is 13.1. The Balaban J connectivity index is 1.94. The van der Waals surface area contributed by atoms with Gasteiger partial charge in [0.1, 0.15) is 11.9 Å². The summed E-state index contributed by atoms with van der Waals surface area (Å²) in [6.45, 7) is 12.5. The van der Waals surface area contributed by atoms with Gasteiger partial charge in [0, 0.05) is 23.6 Å². The molecule has 2 heterocycles. The van der Waals surface area contributed by atoms with E-state index in [4.69, 9.17) is 14.5 Å². The van der Waals surface area contributed by atoms with E-state index in [0.29, 0.717) is 6.61 Å². The van der Waals surface area contributed by atoms with Gasteiger partial charge in [-0.05, 0) is 98.3 Å². The first-order valence-electron chi connectivity index (χ1n) is 11.9. The molecular weight excluding hydrogens is 422 g/mol. The lowest BCUT2D eigenvalue weighted by Gasteiger charge is -2.31. The molecule has 0 saturated carbocycles. The quantitative estimate of drug-likeness (QED) is 0.332. The second-order valence-electron chi connectivity index (χ2n) is 10.2. The molecule has 0 amide bonds. The molecule has 0 N–H and O–H groups in total. The van der Waals surface area contributed by atoms with Crippen LogP contribution in [0.15, 0.2) is 48.7 Å². The summed E-state index contributed by atoms with van der Waals surface area (Å²) in [5.74, 6) is 0.866. The first-order valence-corrected chi connectivity index (χ1v) is 11.9. The van der Waals surface area contributed by atoms with E-state index >= 15 is 0 Å². The van der Waals surface area contributed by atoms with Crippen LogP contribution in [-0.4, -0.2) is 23.0 Å². The number of aromatic nitrogens is 1. The predicted octanol–water partition coefficient (Wildman–Crippen LogP) is 7.05. The fraction of sp³-hybridized carbons (Fsp3) is 0.333. The van der Waals surface area contributed by atoms with Gasteiger partial charge in [-0.15, -0.1) is 0 Å². The fourth-order valence-electron chi connectivity index (χ4n) is 5.18. The summed E-state index contributed by atoms with van der Waals surface area (Å²) in [6, 6.07) is 14.6. The van der Waals surface area contributed by atoms with Crippen LogP contribution in [0.25, 0.3) is 32.8 Å². The van der Waals surface area contributed by atoms with Gasteiger partial charge < -0.3 is 9.47 Å². The molecule has 0 spiro atoms. The smallest absolute Gasteiger partial charge is 0.163 e. The number of benzene rings is 3. The number of hydrogen-bond donors (Lipinski definition) is 0.